The maximum absolute atomic E-state index is 12.2. The first-order valence-corrected chi connectivity index (χ1v) is 8.00. The summed E-state index contributed by atoms with van der Waals surface area (Å²) in [5, 5.41) is 9.69. The van der Waals surface area contributed by atoms with Crippen LogP contribution in [0.4, 0.5) is 5.82 Å². The number of hydrogen-bond donors (Lipinski definition) is 1. The highest BCUT2D eigenvalue weighted by atomic mass is 32.1. The van der Waals surface area contributed by atoms with E-state index in [4.69, 9.17) is 8.83 Å². The fourth-order valence-electron chi connectivity index (χ4n) is 2.22. The number of thiazole rings is 1. The highest BCUT2D eigenvalue weighted by molar-refractivity contribution is 7.12. The van der Waals surface area contributed by atoms with Crippen molar-refractivity contribution in [3.63, 3.8) is 0 Å². The van der Waals surface area contributed by atoms with Gasteiger partial charge in [-0.05, 0) is 31.2 Å². The second kappa shape index (κ2) is 5.82. The number of carbonyl (C=O) groups is 1. The zero-order chi connectivity index (χ0) is 16.5. The van der Waals surface area contributed by atoms with Crippen LogP contribution < -0.4 is 5.32 Å². The highest BCUT2D eigenvalue weighted by Gasteiger charge is 2.17. The van der Waals surface area contributed by atoms with Gasteiger partial charge in [0.1, 0.15) is 11.5 Å². The number of carbonyl (C=O) groups excluding carboxylic acids is 1. The number of anilines is 1. The summed E-state index contributed by atoms with van der Waals surface area (Å²) >= 11 is 1.41. The lowest BCUT2D eigenvalue weighted by Gasteiger charge is -2.04. The van der Waals surface area contributed by atoms with E-state index >= 15 is 0 Å². The third-order valence-electron chi connectivity index (χ3n) is 3.26. The Morgan fingerprint density at radius 2 is 2.08 bits per heavy atom. The highest BCUT2D eigenvalue weighted by Crippen LogP contribution is 2.26. The molecule has 0 aromatic carbocycles. The maximum Gasteiger partial charge on any atom is 0.292 e. The van der Waals surface area contributed by atoms with E-state index in [-0.39, 0.29) is 11.7 Å². The van der Waals surface area contributed by atoms with Crippen molar-refractivity contribution >= 4 is 23.1 Å². The number of aromatic nitrogens is 3. The number of nitrogens with zero attached hydrogens (tertiary/aromatic N) is 3. The van der Waals surface area contributed by atoms with Gasteiger partial charge >= 0.3 is 0 Å². The molecule has 1 N–H and O–H groups in total. The van der Waals surface area contributed by atoms with Gasteiger partial charge in [-0.1, -0.05) is 0 Å². The van der Waals surface area contributed by atoms with Crippen molar-refractivity contribution < 1.29 is 13.6 Å². The molecule has 4 heterocycles. The lowest BCUT2D eigenvalue weighted by molar-refractivity contribution is 0.0996. The van der Waals surface area contributed by atoms with E-state index in [1.807, 2.05) is 18.4 Å². The van der Waals surface area contributed by atoms with Crippen molar-refractivity contribution in [1.29, 1.82) is 0 Å². The first-order valence-electron chi connectivity index (χ1n) is 7.12. The number of rotatable bonds is 4. The molecule has 8 heteroatoms. The van der Waals surface area contributed by atoms with E-state index in [0.29, 0.717) is 16.7 Å². The third-order valence-corrected chi connectivity index (χ3v) is 4.08. The fraction of sp³-hybridized carbons (Fsp3) is 0.0625. The summed E-state index contributed by atoms with van der Waals surface area (Å²) in [5.41, 5.74) is 1.48. The average Bonchev–Trinajstić information content (AvgIpc) is 3.35. The minimum absolute atomic E-state index is 0.232. The van der Waals surface area contributed by atoms with E-state index in [2.05, 4.69) is 15.4 Å². The molecule has 120 valence electrons. The van der Waals surface area contributed by atoms with Crippen LogP contribution in [0.5, 0.6) is 0 Å². The number of hydrogen-bond acceptors (Lipinski definition) is 6. The molecule has 4 aromatic rings. The first kappa shape index (κ1) is 14.5. The van der Waals surface area contributed by atoms with Crippen molar-refractivity contribution in [3.05, 3.63) is 59.7 Å². The van der Waals surface area contributed by atoms with Gasteiger partial charge in [-0.25, -0.2) is 4.98 Å². The predicted octanol–water partition coefficient (Wildman–Crippen LogP) is 3.74. The molecule has 0 atom stereocenters. The summed E-state index contributed by atoms with van der Waals surface area (Å²) in [6.07, 6.45) is 3.05. The van der Waals surface area contributed by atoms with Gasteiger partial charge < -0.3 is 14.2 Å². The van der Waals surface area contributed by atoms with Gasteiger partial charge in [-0.3, -0.25) is 4.79 Å². The molecule has 0 fully saturated rings. The molecule has 24 heavy (non-hydrogen) atoms. The van der Waals surface area contributed by atoms with Crippen molar-refractivity contribution in [3.8, 4) is 16.6 Å². The average molecular weight is 340 g/mol. The Morgan fingerprint density at radius 1 is 1.25 bits per heavy atom. The molecule has 0 bridgehead atoms. The Hall–Kier alpha value is -3.13. The molecule has 7 nitrogen and oxygen atoms in total. The lowest BCUT2D eigenvalue weighted by Crippen LogP contribution is -2.14. The van der Waals surface area contributed by atoms with Crippen LogP contribution in [0, 0.1) is 6.92 Å². The second-order valence-corrected chi connectivity index (χ2v) is 5.84. The molecule has 0 aliphatic rings. The molecule has 4 rings (SSSR count). The normalized spacial score (nSPS) is 10.9. The molecule has 0 aliphatic heterocycles. The summed E-state index contributed by atoms with van der Waals surface area (Å²) in [6.45, 7) is 1.85. The SMILES string of the molecule is Cc1cc(NC(=O)c2ccco2)n(-c2nc(-c3ccco3)cs2)n1. The van der Waals surface area contributed by atoms with E-state index in [9.17, 15) is 4.79 Å². The van der Waals surface area contributed by atoms with Crippen LogP contribution in [0.1, 0.15) is 16.2 Å². The smallest absolute Gasteiger partial charge is 0.292 e. The van der Waals surface area contributed by atoms with Crippen molar-refractivity contribution in [2.24, 2.45) is 0 Å². The van der Waals surface area contributed by atoms with Gasteiger partial charge in [0, 0.05) is 11.4 Å². The Bertz CT molecular complexity index is 967. The van der Waals surface area contributed by atoms with E-state index in [1.54, 1.807) is 35.2 Å². The lowest BCUT2D eigenvalue weighted by atomic mass is 10.4. The standard InChI is InChI=1S/C16H12N4O3S/c1-10-8-14(18-15(21)13-5-3-7-23-13)20(19-10)16-17-11(9-24-16)12-4-2-6-22-12/h2-9H,1H3,(H,18,21). The minimum atomic E-state index is -0.344. The molecular formula is C16H12N4O3S. The third kappa shape index (κ3) is 2.63. The van der Waals surface area contributed by atoms with E-state index < -0.39 is 0 Å². The van der Waals surface area contributed by atoms with Crippen LogP contribution in [-0.4, -0.2) is 20.7 Å². The topological polar surface area (TPSA) is 86.1 Å². The second-order valence-electron chi connectivity index (χ2n) is 5.01. The number of furan rings is 2. The molecule has 0 saturated heterocycles. The van der Waals surface area contributed by atoms with Gasteiger partial charge in [0.05, 0.1) is 18.2 Å². The first-order chi connectivity index (χ1) is 11.7. The number of nitrogens with one attached hydrogen (secondary N) is 1. The molecule has 0 aliphatic carbocycles. The minimum Gasteiger partial charge on any atom is -0.463 e. The van der Waals surface area contributed by atoms with Crippen LogP contribution in [0.15, 0.2) is 57.1 Å². The largest absolute Gasteiger partial charge is 0.463 e. The molecule has 0 radical (unpaired) electrons. The van der Waals surface area contributed by atoms with Crippen molar-refractivity contribution in [2.45, 2.75) is 6.92 Å². The summed E-state index contributed by atoms with van der Waals surface area (Å²) in [7, 11) is 0. The Kier molecular flexibility index (Phi) is 3.51. The van der Waals surface area contributed by atoms with E-state index in [0.717, 1.165) is 11.4 Å². The molecule has 0 saturated carbocycles. The van der Waals surface area contributed by atoms with Crippen LogP contribution in [0.3, 0.4) is 0 Å². The number of aryl methyl sites for hydroxylation is 1. The number of amides is 1. The van der Waals surface area contributed by atoms with Crippen LogP contribution in [-0.2, 0) is 0 Å². The fourth-order valence-corrected chi connectivity index (χ4v) is 2.99. The van der Waals surface area contributed by atoms with Gasteiger partial charge in [-0.2, -0.15) is 9.78 Å². The summed E-state index contributed by atoms with van der Waals surface area (Å²) in [4.78, 5) is 16.7. The molecule has 1 amide bonds. The van der Waals surface area contributed by atoms with Crippen molar-refractivity contribution in [2.75, 3.05) is 5.32 Å². The van der Waals surface area contributed by atoms with Gasteiger partial charge in [0.15, 0.2) is 11.5 Å². The quantitative estimate of drug-likeness (QED) is 0.611. The van der Waals surface area contributed by atoms with Crippen molar-refractivity contribution in [1.82, 2.24) is 14.8 Å². The molecular weight excluding hydrogens is 328 g/mol. The van der Waals surface area contributed by atoms with Crippen LogP contribution >= 0.6 is 11.3 Å². The Balaban J connectivity index is 1.65. The maximum atomic E-state index is 12.2. The summed E-state index contributed by atoms with van der Waals surface area (Å²) < 4.78 is 12.0. The Morgan fingerprint density at radius 3 is 2.83 bits per heavy atom. The zero-order valence-corrected chi connectivity index (χ0v) is 13.4. The molecule has 0 spiro atoms. The van der Waals surface area contributed by atoms with Crippen LogP contribution in [0.25, 0.3) is 16.6 Å². The van der Waals surface area contributed by atoms with E-state index in [1.165, 1.54) is 17.6 Å². The van der Waals surface area contributed by atoms with Gasteiger partial charge in [0.25, 0.3) is 5.91 Å². The van der Waals surface area contributed by atoms with Crippen LogP contribution in [0.2, 0.25) is 0 Å². The summed E-state index contributed by atoms with van der Waals surface area (Å²) in [6, 6.07) is 8.68. The zero-order valence-electron chi connectivity index (χ0n) is 12.6. The predicted molar refractivity (Wildman–Crippen MR) is 88.3 cm³/mol. The van der Waals surface area contributed by atoms with Gasteiger partial charge in [0.2, 0.25) is 5.13 Å². The molecule has 0 unspecified atom stereocenters. The monoisotopic (exact) mass is 340 g/mol. The summed E-state index contributed by atoms with van der Waals surface area (Å²) in [5.74, 6) is 1.09. The van der Waals surface area contributed by atoms with Gasteiger partial charge in [-0.15, -0.1) is 11.3 Å². The Labute approximate surface area is 140 Å². The molecule has 4 aromatic heterocycles.